The van der Waals surface area contributed by atoms with Crippen LogP contribution in [0.4, 0.5) is 8.78 Å². The molecule has 0 unspecified atom stereocenters. The van der Waals surface area contributed by atoms with Gasteiger partial charge in [-0.2, -0.15) is 0 Å². The first-order chi connectivity index (χ1) is 14.0. The third-order valence-corrected chi connectivity index (χ3v) is 5.26. The molecule has 0 saturated heterocycles. The van der Waals surface area contributed by atoms with Gasteiger partial charge in [0.15, 0.2) is 0 Å². The molecule has 3 rings (SSSR count). The number of carbonyl (C=O) groups is 1. The quantitative estimate of drug-likeness (QED) is 0.478. The van der Waals surface area contributed by atoms with Crippen molar-refractivity contribution < 1.29 is 13.6 Å². The summed E-state index contributed by atoms with van der Waals surface area (Å²) in [6.07, 6.45) is 1.12. The minimum Gasteiger partial charge on any atom is -0.302 e. The Kier molecular flexibility index (Phi) is 6.89. The highest BCUT2D eigenvalue weighted by molar-refractivity contribution is 5.58. The summed E-state index contributed by atoms with van der Waals surface area (Å²) < 4.78 is 27.3. The van der Waals surface area contributed by atoms with Gasteiger partial charge in [0.1, 0.15) is 17.9 Å². The number of carbonyl (C=O) groups excluding carboxylic acids is 1. The number of hydrogen-bond acceptors (Lipinski definition) is 2. The van der Waals surface area contributed by atoms with Gasteiger partial charge >= 0.3 is 0 Å². The second kappa shape index (κ2) is 9.57. The van der Waals surface area contributed by atoms with Crippen LogP contribution < -0.4 is 0 Å². The maximum absolute atomic E-state index is 13.6. The summed E-state index contributed by atoms with van der Waals surface area (Å²) in [5.41, 5.74) is 5.00. The lowest BCUT2D eigenvalue weighted by atomic mass is 10.0. The van der Waals surface area contributed by atoms with E-state index in [1.165, 1.54) is 12.1 Å². The number of aryl methyl sites for hydroxylation is 2. The Balaban J connectivity index is 1.91. The zero-order valence-electron chi connectivity index (χ0n) is 16.7. The summed E-state index contributed by atoms with van der Waals surface area (Å²) in [6, 6.07) is 19.0. The standard InChI is InChI=1S/C25H25F2NO/c1-18-7-3-5-9-21(18)15-28(16-22-10-6-4-8-19(22)2)25(17-29)13-20-11-23(26)14-24(27)12-20/h3-12,14,17,25H,13,15-16H2,1-2H3/t25-/m0/s1. The molecule has 0 spiro atoms. The van der Waals surface area contributed by atoms with Gasteiger partial charge in [0.05, 0.1) is 6.04 Å². The van der Waals surface area contributed by atoms with Crippen LogP contribution in [-0.4, -0.2) is 17.2 Å². The van der Waals surface area contributed by atoms with Crippen molar-refractivity contribution in [2.75, 3.05) is 0 Å². The highest BCUT2D eigenvalue weighted by Crippen LogP contribution is 2.20. The van der Waals surface area contributed by atoms with Crippen LogP contribution in [0.2, 0.25) is 0 Å². The molecule has 0 aliphatic carbocycles. The molecular weight excluding hydrogens is 368 g/mol. The van der Waals surface area contributed by atoms with Gasteiger partial charge < -0.3 is 4.79 Å². The molecule has 3 aromatic carbocycles. The van der Waals surface area contributed by atoms with Crippen molar-refractivity contribution in [3.05, 3.63) is 106 Å². The molecule has 0 aromatic heterocycles. The molecule has 4 heteroatoms. The Morgan fingerprint density at radius 3 is 1.76 bits per heavy atom. The summed E-state index contributed by atoms with van der Waals surface area (Å²) in [5, 5.41) is 0. The smallest absolute Gasteiger partial charge is 0.137 e. The van der Waals surface area contributed by atoms with Crippen molar-refractivity contribution in [3.8, 4) is 0 Å². The largest absolute Gasteiger partial charge is 0.302 e. The van der Waals surface area contributed by atoms with Gasteiger partial charge in [-0.3, -0.25) is 4.90 Å². The molecule has 1 atom stereocenters. The molecule has 0 aliphatic heterocycles. The lowest BCUT2D eigenvalue weighted by Crippen LogP contribution is -2.37. The second-order valence-corrected chi connectivity index (χ2v) is 7.44. The number of benzene rings is 3. The Morgan fingerprint density at radius 2 is 1.31 bits per heavy atom. The van der Waals surface area contributed by atoms with E-state index in [4.69, 9.17) is 0 Å². The van der Waals surface area contributed by atoms with Gasteiger partial charge in [-0.05, 0) is 60.2 Å². The molecule has 2 nitrogen and oxygen atoms in total. The number of halogens is 2. The van der Waals surface area contributed by atoms with Crippen LogP contribution in [0.25, 0.3) is 0 Å². The van der Waals surface area contributed by atoms with E-state index in [0.717, 1.165) is 34.6 Å². The third kappa shape index (κ3) is 5.58. The summed E-state index contributed by atoms with van der Waals surface area (Å²) in [7, 11) is 0. The SMILES string of the molecule is Cc1ccccc1CN(Cc1ccccc1C)[C@H](C=O)Cc1cc(F)cc(F)c1. The fourth-order valence-electron chi connectivity index (χ4n) is 3.54. The van der Waals surface area contributed by atoms with Crippen molar-refractivity contribution in [3.63, 3.8) is 0 Å². The number of rotatable bonds is 8. The number of aldehydes is 1. The topological polar surface area (TPSA) is 20.3 Å². The summed E-state index contributed by atoms with van der Waals surface area (Å²) >= 11 is 0. The molecule has 29 heavy (non-hydrogen) atoms. The number of hydrogen-bond donors (Lipinski definition) is 0. The molecule has 3 aromatic rings. The average Bonchev–Trinajstić information content (AvgIpc) is 2.68. The van der Waals surface area contributed by atoms with Crippen LogP contribution in [0.15, 0.2) is 66.7 Å². The van der Waals surface area contributed by atoms with Crippen LogP contribution in [-0.2, 0) is 24.3 Å². The predicted octanol–water partition coefficient (Wildman–Crippen LogP) is 5.39. The van der Waals surface area contributed by atoms with Gasteiger partial charge in [-0.15, -0.1) is 0 Å². The molecule has 0 radical (unpaired) electrons. The van der Waals surface area contributed by atoms with Crippen LogP contribution >= 0.6 is 0 Å². The Labute approximate surface area is 170 Å². The molecule has 150 valence electrons. The lowest BCUT2D eigenvalue weighted by Gasteiger charge is -2.29. The highest BCUT2D eigenvalue weighted by Gasteiger charge is 2.21. The lowest BCUT2D eigenvalue weighted by molar-refractivity contribution is -0.112. The van der Waals surface area contributed by atoms with Crippen molar-refractivity contribution in [2.45, 2.75) is 39.4 Å². The van der Waals surface area contributed by atoms with E-state index in [0.29, 0.717) is 18.7 Å². The predicted molar refractivity (Wildman–Crippen MR) is 112 cm³/mol. The molecule has 0 aliphatic rings. The minimum absolute atomic E-state index is 0.246. The van der Waals surface area contributed by atoms with Crippen molar-refractivity contribution in [2.24, 2.45) is 0 Å². The highest BCUT2D eigenvalue weighted by atomic mass is 19.1. The molecule has 0 amide bonds. The molecule has 0 bridgehead atoms. The second-order valence-electron chi connectivity index (χ2n) is 7.44. The molecular formula is C25H25F2NO. The maximum Gasteiger partial charge on any atom is 0.137 e. The average molecular weight is 393 g/mol. The van der Waals surface area contributed by atoms with E-state index < -0.39 is 17.7 Å². The van der Waals surface area contributed by atoms with Crippen LogP contribution in [0, 0.1) is 25.5 Å². The molecule has 0 N–H and O–H groups in total. The van der Waals surface area contributed by atoms with E-state index in [-0.39, 0.29) is 6.42 Å². The van der Waals surface area contributed by atoms with Crippen LogP contribution in [0.5, 0.6) is 0 Å². The fourth-order valence-corrected chi connectivity index (χ4v) is 3.54. The number of nitrogens with zero attached hydrogens (tertiary/aromatic N) is 1. The van der Waals surface area contributed by atoms with Gasteiger partial charge in [-0.1, -0.05) is 48.5 Å². The van der Waals surface area contributed by atoms with Crippen molar-refractivity contribution in [1.82, 2.24) is 4.90 Å². The van der Waals surface area contributed by atoms with E-state index in [1.807, 2.05) is 62.4 Å². The van der Waals surface area contributed by atoms with E-state index in [1.54, 1.807) is 0 Å². The monoisotopic (exact) mass is 393 g/mol. The first-order valence-electron chi connectivity index (χ1n) is 9.69. The molecule has 0 fully saturated rings. The van der Waals surface area contributed by atoms with E-state index in [9.17, 15) is 13.6 Å². The van der Waals surface area contributed by atoms with Gasteiger partial charge in [0, 0.05) is 19.2 Å². The first-order valence-corrected chi connectivity index (χ1v) is 9.69. The van der Waals surface area contributed by atoms with Crippen molar-refractivity contribution in [1.29, 1.82) is 0 Å². The summed E-state index contributed by atoms with van der Waals surface area (Å²) in [6.45, 7) is 5.22. The van der Waals surface area contributed by atoms with Gasteiger partial charge in [0.2, 0.25) is 0 Å². The maximum atomic E-state index is 13.6. The van der Waals surface area contributed by atoms with Crippen molar-refractivity contribution >= 4 is 6.29 Å². The summed E-state index contributed by atoms with van der Waals surface area (Å²) in [4.78, 5) is 14.1. The Bertz CT molecular complexity index is 918. The Morgan fingerprint density at radius 1 is 0.828 bits per heavy atom. The molecule has 0 heterocycles. The van der Waals surface area contributed by atoms with E-state index >= 15 is 0 Å². The Hall–Kier alpha value is -2.85. The minimum atomic E-state index is -0.631. The normalized spacial score (nSPS) is 12.2. The van der Waals surface area contributed by atoms with Crippen LogP contribution in [0.1, 0.15) is 27.8 Å². The van der Waals surface area contributed by atoms with Gasteiger partial charge in [0.25, 0.3) is 0 Å². The van der Waals surface area contributed by atoms with Gasteiger partial charge in [-0.25, -0.2) is 8.78 Å². The van der Waals surface area contributed by atoms with E-state index in [2.05, 4.69) is 4.90 Å². The summed E-state index contributed by atoms with van der Waals surface area (Å²) in [5.74, 6) is -1.26. The zero-order valence-corrected chi connectivity index (χ0v) is 16.7. The fraction of sp³-hybridized carbons (Fsp3) is 0.240. The zero-order chi connectivity index (χ0) is 20.8. The molecule has 0 saturated carbocycles. The van der Waals surface area contributed by atoms with Crippen LogP contribution in [0.3, 0.4) is 0 Å². The first kappa shape index (κ1) is 20.9. The third-order valence-electron chi connectivity index (χ3n) is 5.26.